The Kier molecular flexibility index (Phi) is 7.26. The van der Waals surface area contributed by atoms with Crippen molar-refractivity contribution in [3.63, 3.8) is 0 Å². The summed E-state index contributed by atoms with van der Waals surface area (Å²) < 4.78 is 12.3. The number of hydrogen-bond acceptors (Lipinski definition) is 3. The fraction of sp³-hybridized carbons (Fsp3) is 0.469. The Balaban J connectivity index is 1.94. The van der Waals surface area contributed by atoms with Gasteiger partial charge in [0.15, 0.2) is 0 Å². The molecule has 0 N–H and O–H groups in total. The van der Waals surface area contributed by atoms with Crippen LogP contribution in [0.25, 0.3) is 21.9 Å². The first kappa shape index (κ1) is 25.3. The Bertz CT molecular complexity index is 1250. The molecule has 0 amide bonds. The van der Waals surface area contributed by atoms with E-state index < -0.39 is 0 Å². The molecule has 0 radical (unpaired) electrons. The molecule has 186 valence electrons. The maximum atomic E-state index is 14.1. The predicted molar refractivity (Wildman–Crippen MR) is 145 cm³/mol. The number of benzene rings is 3. The lowest BCUT2D eigenvalue weighted by Crippen LogP contribution is -2.36. The molecular weight excluding hydrogens is 432 g/mol. The van der Waals surface area contributed by atoms with E-state index in [1.54, 1.807) is 7.11 Å². The first-order valence-corrected chi connectivity index (χ1v) is 13.0. The van der Waals surface area contributed by atoms with Crippen LogP contribution in [0.5, 0.6) is 5.75 Å². The number of rotatable bonds is 5. The minimum absolute atomic E-state index is 0.0465. The number of fused-ring (bicyclic) bond motifs is 1. The van der Waals surface area contributed by atoms with Crippen LogP contribution in [0.3, 0.4) is 0 Å². The Morgan fingerprint density at radius 2 is 1.57 bits per heavy atom. The summed E-state index contributed by atoms with van der Waals surface area (Å²) >= 11 is 0. The van der Waals surface area contributed by atoms with E-state index in [0.717, 1.165) is 57.2 Å². The zero-order chi connectivity index (χ0) is 25.4. The largest absolute Gasteiger partial charge is 0.496 e. The molecule has 1 saturated carbocycles. The second-order valence-electron chi connectivity index (χ2n) is 10.9. The molecule has 0 aromatic heterocycles. The molecule has 3 heteroatoms. The fourth-order valence-corrected chi connectivity index (χ4v) is 6.01. The molecule has 1 aliphatic rings. The molecule has 3 nitrogen and oxygen atoms in total. The van der Waals surface area contributed by atoms with E-state index in [-0.39, 0.29) is 12.1 Å². The monoisotopic (exact) mass is 472 g/mol. The summed E-state index contributed by atoms with van der Waals surface area (Å²) in [6.45, 7) is 15.2. The van der Waals surface area contributed by atoms with Crippen LogP contribution < -0.4 is 4.74 Å². The van der Waals surface area contributed by atoms with Gasteiger partial charge in [0.1, 0.15) is 11.9 Å². The van der Waals surface area contributed by atoms with E-state index in [4.69, 9.17) is 9.47 Å². The lowest BCUT2D eigenvalue weighted by atomic mass is 9.75. The highest BCUT2D eigenvalue weighted by molar-refractivity contribution is 6.08. The third-order valence-corrected chi connectivity index (χ3v) is 8.47. The summed E-state index contributed by atoms with van der Waals surface area (Å²) in [7, 11) is 1.70. The van der Waals surface area contributed by atoms with E-state index in [9.17, 15) is 4.79 Å². The second kappa shape index (κ2) is 10.0. The summed E-state index contributed by atoms with van der Waals surface area (Å²) in [6.07, 6.45) is 3.21. The van der Waals surface area contributed by atoms with E-state index >= 15 is 0 Å². The average molecular weight is 473 g/mol. The van der Waals surface area contributed by atoms with Crippen LogP contribution >= 0.6 is 0 Å². The number of ether oxygens (including phenoxy) is 2. The Hall–Kier alpha value is -2.81. The molecule has 1 fully saturated rings. The third-order valence-electron chi connectivity index (χ3n) is 8.47. The van der Waals surface area contributed by atoms with Gasteiger partial charge in [0.25, 0.3) is 0 Å². The number of methoxy groups -OCH3 is 1. The summed E-state index contributed by atoms with van der Waals surface area (Å²) in [4.78, 5) is 14.1. The molecule has 4 rings (SSSR count). The molecule has 0 saturated heterocycles. The minimum atomic E-state index is -0.205. The van der Waals surface area contributed by atoms with Gasteiger partial charge in [-0.05, 0) is 97.4 Å². The van der Waals surface area contributed by atoms with Crippen molar-refractivity contribution in [2.24, 2.45) is 17.8 Å². The van der Waals surface area contributed by atoms with Crippen molar-refractivity contribution < 1.29 is 14.3 Å². The van der Waals surface area contributed by atoms with E-state index in [2.05, 4.69) is 66.7 Å². The van der Waals surface area contributed by atoms with Gasteiger partial charge in [-0.2, -0.15) is 0 Å². The van der Waals surface area contributed by atoms with Crippen LogP contribution in [0, 0.1) is 45.4 Å². The topological polar surface area (TPSA) is 35.5 Å². The maximum absolute atomic E-state index is 14.1. The Morgan fingerprint density at radius 1 is 0.886 bits per heavy atom. The molecule has 3 aromatic carbocycles. The first-order chi connectivity index (χ1) is 16.6. The van der Waals surface area contributed by atoms with E-state index in [0.29, 0.717) is 23.3 Å². The highest BCUT2D eigenvalue weighted by Gasteiger charge is 2.35. The smallest absolute Gasteiger partial charge is 0.339 e. The van der Waals surface area contributed by atoms with Crippen molar-refractivity contribution in [3.05, 3.63) is 64.2 Å². The van der Waals surface area contributed by atoms with Gasteiger partial charge in [0.05, 0.1) is 12.7 Å². The van der Waals surface area contributed by atoms with Gasteiger partial charge in [-0.25, -0.2) is 4.79 Å². The molecule has 0 bridgehead atoms. The van der Waals surface area contributed by atoms with Gasteiger partial charge in [-0.3, -0.25) is 0 Å². The molecule has 3 atom stereocenters. The number of carbonyl (C=O) groups is 1. The van der Waals surface area contributed by atoms with Gasteiger partial charge in [0, 0.05) is 11.1 Å². The molecule has 3 aromatic rings. The van der Waals surface area contributed by atoms with Gasteiger partial charge in [-0.1, -0.05) is 57.5 Å². The first-order valence-electron chi connectivity index (χ1n) is 13.0. The summed E-state index contributed by atoms with van der Waals surface area (Å²) in [6, 6.07) is 12.4. The van der Waals surface area contributed by atoms with E-state index in [1.807, 2.05) is 18.2 Å². The highest BCUT2D eigenvalue weighted by Crippen LogP contribution is 2.44. The zero-order valence-electron chi connectivity index (χ0n) is 22.6. The lowest BCUT2D eigenvalue weighted by molar-refractivity contribution is -0.0174. The molecule has 0 spiro atoms. The van der Waals surface area contributed by atoms with Crippen molar-refractivity contribution in [1.29, 1.82) is 0 Å². The fourth-order valence-electron chi connectivity index (χ4n) is 6.01. The minimum Gasteiger partial charge on any atom is -0.496 e. The molecule has 0 aliphatic heterocycles. The standard InChI is InChI=1S/C32H40O3/c1-18(2)25-15-13-19(3)17-28(25)35-32(33)30-23(7)21(5)20(4)22(6)29(30)31-26-12-10-9-11-24(26)14-16-27(31)34-8/h9-12,14,16,18-19,25,28H,13,15,17H2,1-8H3/t19-,25+,28-/m1/s1. The van der Waals surface area contributed by atoms with Gasteiger partial charge >= 0.3 is 5.97 Å². The summed E-state index contributed by atoms with van der Waals surface area (Å²) in [5.41, 5.74) is 7.04. The van der Waals surface area contributed by atoms with E-state index in [1.165, 1.54) is 12.0 Å². The number of hydrogen-bond donors (Lipinski definition) is 0. The van der Waals surface area contributed by atoms with Crippen LogP contribution in [-0.4, -0.2) is 19.2 Å². The van der Waals surface area contributed by atoms with Gasteiger partial charge in [-0.15, -0.1) is 0 Å². The molecule has 0 heterocycles. The van der Waals surface area contributed by atoms with Crippen LogP contribution in [0.4, 0.5) is 0 Å². The van der Waals surface area contributed by atoms with Crippen molar-refractivity contribution in [2.45, 2.75) is 73.8 Å². The Labute approximate surface area is 210 Å². The molecule has 1 aliphatic carbocycles. The van der Waals surface area contributed by atoms with Crippen molar-refractivity contribution in [2.75, 3.05) is 7.11 Å². The van der Waals surface area contributed by atoms with Crippen LogP contribution in [-0.2, 0) is 4.74 Å². The van der Waals surface area contributed by atoms with Crippen molar-refractivity contribution >= 4 is 16.7 Å². The number of esters is 1. The molecule has 0 unspecified atom stereocenters. The maximum Gasteiger partial charge on any atom is 0.339 e. The summed E-state index contributed by atoms with van der Waals surface area (Å²) in [5.74, 6) is 2.03. The summed E-state index contributed by atoms with van der Waals surface area (Å²) in [5, 5.41) is 2.21. The highest BCUT2D eigenvalue weighted by atomic mass is 16.5. The molecule has 35 heavy (non-hydrogen) atoms. The normalized spacial score (nSPS) is 20.3. The van der Waals surface area contributed by atoms with Gasteiger partial charge < -0.3 is 9.47 Å². The van der Waals surface area contributed by atoms with Crippen molar-refractivity contribution in [1.82, 2.24) is 0 Å². The van der Waals surface area contributed by atoms with Gasteiger partial charge in [0.2, 0.25) is 0 Å². The van der Waals surface area contributed by atoms with Crippen LogP contribution in [0.2, 0.25) is 0 Å². The molecular formula is C32H40O3. The quantitative estimate of drug-likeness (QED) is 0.350. The van der Waals surface area contributed by atoms with Crippen LogP contribution in [0.1, 0.15) is 72.6 Å². The number of carbonyl (C=O) groups excluding carboxylic acids is 1. The SMILES string of the molecule is COc1ccc2ccccc2c1-c1c(C)c(C)c(C)c(C)c1C(=O)O[C@@H]1C[C@H](C)CC[C@H]1C(C)C. The second-order valence-corrected chi connectivity index (χ2v) is 10.9. The average Bonchev–Trinajstić information content (AvgIpc) is 2.84. The van der Waals surface area contributed by atoms with Crippen molar-refractivity contribution in [3.8, 4) is 16.9 Å². The predicted octanol–water partition coefficient (Wildman–Crippen LogP) is 8.37. The zero-order valence-corrected chi connectivity index (χ0v) is 22.6. The van der Waals surface area contributed by atoms with Crippen LogP contribution in [0.15, 0.2) is 36.4 Å². The third kappa shape index (κ3) is 4.58. The lowest BCUT2D eigenvalue weighted by Gasteiger charge is -2.37. The Morgan fingerprint density at radius 3 is 2.26 bits per heavy atom.